The summed E-state index contributed by atoms with van der Waals surface area (Å²) in [5.74, 6) is 0.209. The maximum absolute atomic E-state index is 14.0. The number of hydrogen-bond acceptors (Lipinski definition) is 2. The van der Waals surface area contributed by atoms with Crippen molar-refractivity contribution in [2.45, 2.75) is 26.7 Å². The predicted octanol–water partition coefficient (Wildman–Crippen LogP) is 3.61. The van der Waals surface area contributed by atoms with E-state index in [2.05, 4.69) is 0 Å². The Morgan fingerprint density at radius 1 is 1.28 bits per heavy atom. The first kappa shape index (κ1) is 12.8. The van der Waals surface area contributed by atoms with Gasteiger partial charge in [-0.25, -0.2) is 4.39 Å². The van der Waals surface area contributed by atoms with Gasteiger partial charge in [-0.05, 0) is 35.6 Å². The molecule has 0 heterocycles. The first-order valence-electron chi connectivity index (χ1n) is 5.99. The molecule has 0 unspecified atom stereocenters. The zero-order valence-electron chi connectivity index (χ0n) is 10.9. The zero-order valence-corrected chi connectivity index (χ0v) is 10.9. The standard InChI is InChI=1S/C15H17FO2/c1-15(2)8-10(6-11(17)9-15)13-5-4-12(18-3)7-14(13)16/h4-7H,8-9H2,1-3H3. The second-order valence-corrected chi connectivity index (χ2v) is 5.50. The van der Waals surface area contributed by atoms with Crippen LogP contribution in [0.3, 0.4) is 0 Å². The molecule has 0 atom stereocenters. The van der Waals surface area contributed by atoms with Crippen molar-refractivity contribution in [2.24, 2.45) is 5.41 Å². The number of ether oxygens (including phenoxy) is 1. The van der Waals surface area contributed by atoms with Gasteiger partial charge in [-0.1, -0.05) is 13.8 Å². The lowest BCUT2D eigenvalue weighted by Crippen LogP contribution is -2.21. The first-order valence-corrected chi connectivity index (χ1v) is 5.99. The lowest BCUT2D eigenvalue weighted by molar-refractivity contribution is -0.116. The summed E-state index contributed by atoms with van der Waals surface area (Å²) in [5, 5.41) is 0. The van der Waals surface area contributed by atoms with Crippen LogP contribution in [0, 0.1) is 11.2 Å². The molecule has 0 amide bonds. The van der Waals surface area contributed by atoms with Crippen LogP contribution in [0.5, 0.6) is 5.75 Å². The SMILES string of the molecule is COc1ccc(C2=CC(=O)CC(C)(C)C2)c(F)c1. The zero-order chi connectivity index (χ0) is 13.3. The van der Waals surface area contributed by atoms with Crippen molar-refractivity contribution in [3.05, 3.63) is 35.7 Å². The summed E-state index contributed by atoms with van der Waals surface area (Å²) in [7, 11) is 1.50. The number of halogens is 1. The molecule has 1 aliphatic rings. The van der Waals surface area contributed by atoms with Crippen LogP contribution in [0.2, 0.25) is 0 Å². The maximum Gasteiger partial charge on any atom is 0.156 e. The van der Waals surface area contributed by atoms with Crippen molar-refractivity contribution in [2.75, 3.05) is 7.11 Å². The molecule has 3 heteroatoms. The molecule has 0 aliphatic heterocycles. The Bertz CT molecular complexity index is 515. The van der Waals surface area contributed by atoms with Gasteiger partial charge in [0.15, 0.2) is 5.78 Å². The molecular weight excluding hydrogens is 231 g/mol. The molecule has 1 aromatic carbocycles. The van der Waals surface area contributed by atoms with E-state index < -0.39 is 0 Å². The maximum atomic E-state index is 14.0. The van der Waals surface area contributed by atoms with Gasteiger partial charge in [0.25, 0.3) is 0 Å². The summed E-state index contributed by atoms with van der Waals surface area (Å²) in [6.07, 6.45) is 2.80. The van der Waals surface area contributed by atoms with Gasteiger partial charge in [-0.2, -0.15) is 0 Å². The Hall–Kier alpha value is -1.64. The number of carbonyl (C=O) groups excluding carboxylic acids is 1. The quantitative estimate of drug-likeness (QED) is 0.799. The van der Waals surface area contributed by atoms with E-state index in [1.54, 1.807) is 18.2 Å². The molecule has 0 bridgehead atoms. The highest BCUT2D eigenvalue weighted by molar-refractivity contribution is 5.99. The van der Waals surface area contributed by atoms with E-state index in [1.165, 1.54) is 13.2 Å². The summed E-state index contributed by atoms with van der Waals surface area (Å²) in [4.78, 5) is 11.7. The third kappa shape index (κ3) is 2.61. The minimum Gasteiger partial charge on any atom is -0.497 e. The minimum absolute atomic E-state index is 0.0662. The highest BCUT2D eigenvalue weighted by Crippen LogP contribution is 2.39. The molecule has 2 nitrogen and oxygen atoms in total. The fourth-order valence-electron chi connectivity index (χ4n) is 2.40. The monoisotopic (exact) mass is 248 g/mol. The lowest BCUT2D eigenvalue weighted by atomic mass is 9.75. The van der Waals surface area contributed by atoms with Crippen LogP contribution in [-0.2, 0) is 4.79 Å². The van der Waals surface area contributed by atoms with Crippen LogP contribution < -0.4 is 4.74 Å². The van der Waals surface area contributed by atoms with E-state index in [0.717, 1.165) is 5.57 Å². The number of allylic oxidation sites excluding steroid dienone is 2. The Labute approximate surface area is 106 Å². The largest absolute Gasteiger partial charge is 0.497 e. The molecule has 96 valence electrons. The van der Waals surface area contributed by atoms with E-state index >= 15 is 0 Å². The molecule has 0 N–H and O–H groups in total. The van der Waals surface area contributed by atoms with Gasteiger partial charge in [0.05, 0.1) is 7.11 Å². The molecule has 0 aromatic heterocycles. The predicted molar refractivity (Wildman–Crippen MR) is 69.0 cm³/mol. The van der Waals surface area contributed by atoms with Gasteiger partial charge in [-0.3, -0.25) is 4.79 Å². The van der Waals surface area contributed by atoms with E-state index in [1.807, 2.05) is 13.8 Å². The van der Waals surface area contributed by atoms with Crippen molar-refractivity contribution < 1.29 is 13.9 Å². The van der Waals surface area contributed by atoms with Gasteiger partial charge >= 0.3 is 0 Å². The second kappa shape index (κ2) is 4.56. The molecule has 0 spiro atoms. The van der Waals surface area contributed by atoms with Gasteiger partial charge in [0, 0.05) is 18.1 Å². The van der Waals surface area contributed by atoms with Gasteiger partial charge < -0.3 is 4.74 Å². The fourth-order valence-corrected chi connectivity index (χ4v) is 2.40. The average Bonchev–Trinajstić information content (AvgIpc) is 2.25. The first-order chi connectivity index (χ1) is 8.41. The van der Waals surface area contributed by atoms with Crippen molar-refractivity contribution in [1.29, 1.82) is 0 Å². The second-order valence-electron chi connectivity index (χ2n) is 5.50. The van der Waals surface area contributed by atoms with E-state index in [0.29, 0.717) is 24.2 Å². The number of carbonyl (C=O) groups is 1. The minimum atomic E-state index is -0.342. The number of hydrogen-bond donors (Lipinski definition) is 0. The van der Waals surface area contributed by atoms with Crippen molar-refractivity contribution in [1.82, 2.24) is 0 Å². The topological polar surface area (TPSA) is 26.3 Å². The normalized spacial score (nSPS) is 18.4. The van der Waals surface area contributed by atoms with Crippen LogP contribution in [0.25, 0.3) is 5.57 Å². The molecule has 1 aliphatic carbocycles. The summed E-state index contributed by atoms with van der Waals surface area (Å²) >= 11 is 0. The molecular formula is C15H17FO2. The van der Waals surface area contributed by atoms with Crippen LogP contribution >= 0.6 is 0 Å². The van der Waals surface area contributed by atoms with Crippen LogP contribution in [0.15, 0.2) is 24.3 Å². The van der Waals surface area contributed by atoms with Crippen LogP contribution in [0.4, 0.5) is 4.39 Å². The molecule has 0 radical (unpaired) electrons. The third-order valence-corrected chi connectivity index (χ3v) is 3.18. The summed E-state index contributed by atoms with van der Waals surface area (Å²) in [6.45, 7) is 4.05. The highest BCUT2D eigenvalue weighted by Gasteiger charge is 2.28. The number of benzene rings is 1. The van der Waals surface area contributed by atoms with Gasteiger partial charge in [0.1, 0.15) is 11.6 Å². The molecule has 0 saturated heterocycles. The fraction of sp³-hybridized carbons (Fsp3) is 0.400. The van der Waals surface area contributed by atoms with Crippen LogP contribution in [-0.4, -0.2) is 12.9 Å². The van der Waals surface area contributed by atoms with Gasteiger partial charge in [0.2, 0.25) is 0 Å². The summed E-state index contributed by atoms with van der Waals surface area (Å²) in [5.41, 5.74) is 1.17. The molecule has 0 fully saturated rings. The Kier molecular flexibility index (Phi) is 3.24. The highest BCUT2D eigenvalue weighted by atomic mass is 19.1. The number of ketones is 1. The molecule has 1 aromatic rings. The van der Waals surface area contributed by atoms with E-state index in [9.17, 15) is 9.18 Å². The van der Waals surface area contributed by atoms with Crippen molar-refractivity contribution >= 4 is 11.4 Å². The average molecular weight is 248 g/mol. The molecule has 0 saturated carbocycles. The Morgan fingerprint density at radius 2 is 2.00 bits per heavy atom. The lowest BCUT2D eigenvalue weighted by Gasteiger charge is -2.29. The van der Waals surface area contributed by atoms with Crippen LogP contribution in [0.1, 0.15) is 32.3 Å². The summed E-state index contributed by atoms with van der Waals surface area (Å²) < 4.78 is 18.9. The van der Waals surface area contributed by atoms with E-state index in [-0.39, 0.29) is 17.0 Å². The Morgan fingerprint density at radius 3 is 2.56 bits per heavy atom. The van der Waals surface area contributed by atoms with Gasteiger partial charge in [-0.15, -0.1) is 0 Å². The number of rotatable bonds is 2. The summed E-state index contributed by atoms with van der Waals surface area (Å²) in [6, 6.07) is 4.74. The van der Waals surface area contributed by atoms with Crippen molar-refractivity contribution in [3.8, 4) is 5.75 Å². The molecule has 2 rings (SSSR count). The third-order valence-electron chi connectivity index (χ3n) is 3.18. The Balaban J connectivity index is 2.40. The number of methoxy groups -OCH3 is 1. The smallest absolute Gasteiger partial charge is 0.156 e. The van der Waals surface area contributed by atoms with Crippen molar-refractivity contribution in [3.63, 3.8) is 0 Å². The molecule has 18 heavy (non-hydrogen) atoms. The van der Waals surface area contributed by atoms with E-state index in [4.69, 9.17) is 4.74 Å².